The van der Waals surface area contributed by atoms with Crippen LogP contribution < -0.4 is 5.32 Å². The van der Waals surface area contributed by atoms with Gasteiger partial charge in [0, 0.05) is 19.6 Å². The van der Waals surface area contributed by atoms with Crippen molar-refractivity contribution >= 4 is 11.8 Å². The first kappa shape index (κ1) is 21.1. The molecule has 1 N–H and O–H groups in total. The van der Waals surface area contributed by atoms with Gasteiger partial charge in [-0.05, 0) is 56.6 Å². The molecule has 0 unspecified atom stereocenters. The number of nitrogens with zero attached hydrogens (tertiary/aromatic N) is 2. The van der Waals surface area contributed by atoms with E-state index in [4.69, 9.17) is 0 Å². The highest BCUT2D eigenvalue weighted by Crippen LogP contribution is 2.35. The van der Waals surface area contributed by atoms with Gasteiger partial charge in [-0.15, -0.1) is 0 Å². The predicted molar refractivity (Wildman–Crippen MR) is 115 cm³/mol. The Morgan fingerprint density at radius 2 is 1.69 bits per heavy atom. The van der Waals surface area contributed by atoms with E-state index >= 15 is 0 Å². The molecule has 29 heavy (non-hydrogen) atoms. The molecule has 0 bridgehead atoms. The Bertz CT molecular complexity index is 871. The summed E-state index contributed by atoms with van der Waals surface area (Å²) in [5, 5.41) is 3.12. The van der Waals surface area contributed by atoms with Crippen molar-refractivity contribution < 1.29 is 9.59 Å². The van der Waals surface area contributed by atoms with Crippen LogP contribution in [0.1, 0.15) is 22.3 Å². The van der Waals surface area contributed by atoms with Gasteiger partial charge in [0.25, 0.3) is 0 Å². The van der Waals surface area contributed by atoms with Crippen molar-refractivity contribution in [3.63, 3.8) is 0 Å². The first-order chi connectivity index (χ1) is 13.8. The average molecular weight is 394 g/mol. The normalized spacial score (nSPS) is 15.1. The van der Waals surface area contributed by atoms with E-state index in [1.54, 1.807) is 4.90 Å². The number of amides is 2. The number of benzene rings is 2. The number of carbonyl (C=O) groups is 2. The Kier molecular flexibility index (Phi) is 6.38. The van der Waals surface area contributed by atoms with Gasteiger partial charge in [0.05, 0.1) is 12.0 Å². The lowest BCUT2D eigenvalue weighted by atomic mass is 9.73. The van der Waals surface area contributed by atoms with Crippen molar-refractivity contribution in [1.29, 1.82) is 0 Å². The van der Waals surface area contributed by atoms with E-state index in [-0.39, 0.29) is 11.8 Å². The van der Waals surface area contributed by atoms with E-state index in [9.17, 15) is 9.59 Å². The summed E-state index contributed by atoms with van der Waals surface area (Å²) in [6.45, 7) is 5.96. The van der Waals surface area contributed by atoms with E-state index in [0.29, 0.717) is 32.6 Å². The number of likely N-dealkylation sites (tertiary alicyclic amines) is 1. The molecule has 154 valence electrons. The van der Waals surface area contributed by atoms with Crippen LogP contribution in [0.25, 0.3) is 0 Å². The smallest absolute Gasteiger partial charge is 0.236 e. The van der Waals surface area contributed by atoms with E-state index in [1.165, 1.54) is 11.1 Å². The van der Waals surface area contributed by atoms with Crippen LogP contribution >= 0.6 is 0 Å². The van der Waals surface area contributed by atoms with Gasteiger partial charge in [0.15, 0.2) is 0 Å². The number of hydrogen-bond acceptors (Lipinski definition) is 3. The van der Waals surface area contributed by atoms with Crippen molar-refractivity contribution in [3.05, 3.63) is 70.8 Å². The lowest BCUT2D eigenvalue weighted by Crippen LogP contribution is -2.66. The molecule has 0 aromatic heterocycles. The molecule has 2 aromatic rings. The second-order valence-corrected chi connectivity index (χ2v) is 8.53. The van der Waals surface area contributed by atoms with E-state index in [0.717, 1.165) is 11.1 Å². The maximum Gasteiger partial charge on any atom is 0.236 e. The number of likely N-dealkylation sites (N-methyl/N-ethyl adjacent to an activating group) is 1. The minimum absolute atomic E-state index is 0.0217. The van der Waals surface area contributed by atoms with Crippen LogP contribution in [-0.4, -0.2) is 55.3 Å². The molecule has 1 aliphatic rings. The summed E-state index contributed by atoms with van der Waals surface area (Å²) < 4.78 is 0. The number of hydrogen-bond donors (Lipinski definition) is 1. The zero-order chi connectivity index (χ0) is 21.0. The van der Waals surface area contributed by atoms with Gasteiger partial charge >= 0.3 is 0 Å². The Morgan fingerprint density at radius 1 is 1.00 bits per heavy atom. The van der Waals surface area contributed by atoms with Crippen molar-refractivity contribution in [3.8, 4) is 0 Å². The fourth-order valence-corrected chi connectivity index (χ4v) is 3.84. The summed E-state index contributed by atoms with van der Waals surface area (Å²) in [5.74, 6) is 0.0918. The van der Waals surface area contributed by atoms with Gasteiger partial charge in [0.2, 0.25) is 11.8 Å². The number of aryl methyl sites for hydroxylation is 2. The Morgan fingerprint density at radius 3 is 2.31 bits per heavy atom. The van der Waals surface area contributed by atoms with Crippen LogP contribution in [0.3, 0.4) is 0 Å². The molecule has 1 heterocycles. The first-order valence-electron chi connectivity index (χ1n) is 10.1. The summed E-state index contributed by atoms with van der Waals surface area (Å²) in [6.07, 6.45) is 0.637. The maximum atomic E-state index is 13.2. The van der Waals surface area contributed by atoms with Crippen LogP contribution in [0, 0.1) is 19.3 Å². The summed E-state index contributed by atoms with van der Waals surface area (Å²) in [7, 11) is 3.76. The minimum atomic E-state index is -0.566. The molecule has 3 rings (SSSR count). The fraction of sp³-hybridized carbons (Fsp3) is 0.417. The van der Waals surface area contributed by atoms with E-state index in [1.807, 2.05) is 49.3 Å². The van der Waals surface area contributed by atoms with Crippen LogP contribution in [0.15, 0.2) is 48.5 Å². The Hall–Kier alpha value is -2.66. The molecular formula is C24H31N3O2. The van der Waals surface area contributed by atoms with Gasteiger partial charge in [0.1, 0.15) is 0 Å². The summed E-state index contributed by atoms with van der Waals surface area (Å²) in [6, 6.07) is 16.3. The summed E-state index contributed by atoms with van der Waals surface area (Å²) >= 11 is 0. The lowest BCUT2D eigenvalue weighted by Gasteiger charge is -2.49. The Labute approximate surface area is 173 Å². The van der Waals surface area contributed by atoms with Crippen LogP contribution in [0.5, 0.6) is 0 Å². The van der Waals surface area contributed by atoms with Gasteiger partial charge in [-0.3, -0.25) is 9.59 Å². The number of carbonyl (C=O) groups excluding carboxylic acids is 2. The van der Waals surface area contributed by atoms with E-state index in [2.05, 4.69) is 37.4 Å². The molecule has 0 spiro atoms. The third kappa shape index (κ3) is 5.04. The van der Waals surface area contributed by atoms with Crippen LogP contribution in [-0.2, 0) is 22.6 Å². The molecular weight excluding hydrogens is 362 g/mol. The molecule has 1 saturated heterocycles. The lowest BCUT2D eigenvalue weighted by molar-refractivity contribution is -0.154. The second kappa shape index (κ2) is 8.78. The molecule has 5 heteroatoms. The highest BCUT2D eigenvalue weighted by molar-refractivity contribution is 5.88. The minimum Gasteiger partial charge on any atom is -0.351 e. The van der Waals surface area contributed by atoms with Crippen LogP contribution in [0.4, 0.5) is 0 Å². The van der Waals surface area contributed by atoms with Crippen molar-refractivity contribution in [2.24, 2.45) is 5.41 Å². The second-order valence-electron chi connectivity index (χ2n) is 8.53. The van der Waals surface area contributed by atoms with Crippen LogP contribution in [0.2, 0.25) is 0 Å². The molecule has 0 saturated carbocycles. The zero-order valence-corrected chi connectivity index (χ0v) is 17.9. The largest absolute Gasteiger partial charge is 0.351 e. The molecule has 1 aliphatic heterocycles. The third-order valence-corrected chi connectivity index (χ3v) is 5.68. The fourth-order valence-electron chi connectivity index (χ4n) is 3.84. The third-order valence-electron chi connectivity index (χ3n) is 5.68. The SMILES string of the molecule is Cc1ccc(CNC(=O)C2(Cc3ccccc3)CN(C(=O)CN(C)C)C2)cc1C. The summed E-state index contributed by atoms with van der Waals surface area (Å²) in [4.78, 5) is 29.3. The van der Waals surface area contributed by atoms with Gasteiger partial charge in [-0.1, -0.05) is 48.5 Å². The zero-order valence-electron chi connectivity index (χ0n) is 17.9. The molecule has 2 amide bonds. The van der Waals surface area contributed by atoms with Gasteiger partial charge in [-0.25, -0.2) is 0 Å². The first-order valence-corrected chi connectivity index (χ1v) is 10.1. The highest BCUT2D eigenvalue weighted by atomic mass is 16.2. The molecule has 5 nitrogen and oxygen atoms in total. The quantitative estimate of drug-likeness (QED) is 0.787. The molecule has 1 fully saturated rings. The van der Waals surface area contributed by atoms with Gasteiger partial charge < -0.3 is 15.1 Å². The van der Waals surface area contributed by atoms with Gasteiger partial charge in [-0.2, -0.15) is 0 Å². The molecule has 2 aromatic carbocycles. The molecule has 0 aliphatic carbocycles. The monoisotopic (exact) mass is 393 g/mol. The number of rotatable bonds is 7. The summed E-state index contributed by atoms with van der Waals surface area (Å²) in [5.41, 5.74) is 4.11. The molecule has 0 radical (unpaired) electrons. The van der Waals surface area contributed by atoms with Crippen molar-refractivity contribution in [2.75, 3.05) is 33.7 Å². The average Bonchev–Trinajstić information content (AvgIpc) is 2.65. The van der Waals surface area contributed by atoms with E-state index < -0.39 is 5.41 Å². The standard InChI is InChI=1S/C24H31N3O2/c1-18-10-11-21(12-19(18)2)14-25-23(29)24(13-20-8-6-5-7-9-20)16-27(17-24)22(28)15-26(3)4/h5-12H,13-17H2,1-4H3,(H,25,29). The van der Waals surface area contributed by atoms with Crippen molar-refractivity contribution in [1.82, 2.24) is 15.1 Å². The highest BCUT2D eigenvalue weighted by Gasteiger charge is 2.50. The predicted octanol–water partition coefficient (Wildman–Crippen LogP) is 2.55. The van der Waals surface area contributed by atoms with Crippen molar-refractivity contribution in [2.45, 2.75) is 26.8 Å². The topological polar surface area (TPSA) is 52.7 Å². The maximum absolute atomic E-state index is 13.2. The number of nitrogens with one attached hydrogen (secondary N) is 1. The molecule has 0 atom stereocenters. The Balaban J connectivity index is 1.70.